The Labute approximate surface area is 123 Å². The van der Waals surface area contributed by atoms with Gasteiger partial charge in [0.25, 0.3) is 0 Å². The van der Waals surface area contributed by atoms with Crippen molar-refractivity contribution in [2.45, 2.75) is 19.1 Å². The predicted octanol–water partition coefficient (Wildman–Crippen LogP) is 3.10. The first-order chi connectivity index (χ1) is 10.3. The first-order valence-electron chi connectivity index (χ1n) is 6.91. The van der Waals surface area contributed by atoms with Gasteiger partial charge in [0.1, 0.15) is 17.4 Å². The van der Waals surface area contributed by atoms with Gasteiger partial charge in [-0.2, -0.15) is 0 Å². The highest BCUT2D eigenvalue weighted by Crippen LogP contribution is 2.29. The number of hydrogen-bond acceptors (Lipinski definition) is 4. The summed E-state index contributed by atoms with van der Waals surface area (Å²) in [7, 11) is 0. The molecule has 0 aliphatic rings. The minimum atomic E-state index is -0.258. The van der Waals surface area contributed by atoms with Crippen LogP contribution >= 0.6 is 0 Å². The van der Waals surface area contributed by atoms with E-state index < -0.39 is 0 Å². The minimum absolute atomic E-state index is 0.159. The van der Waals surface area contributed by atoms with Crippen molar-refractivity contribution >= 4 is 10.9 Å². The van der Waals surface area contributed by atoms with Gasteiger partial charge in [-0.25, -0.2) is 0 Å². The molecule has 4 nitrogen and oxygen atoms in total. The van der Waals surface area contributed by atoms with E-state index in [1.165, 1.54) is 0 Å². The number of nitrogens with zero attached hydrogens (tertiary/aromatic N) is 2. The van der Waals surface area contributed by atoms with Gasteiger partial charge in [-0.05, 0) is 25.1 Å². The van der Waals surface area contributed by atoms with Crippen LogP contribution < -0.4 is 10.5 Å². The summed E-state index contributed by atoms with van der Waals surface area (Å²) in [6.45, 7) is 1.93. The second-order valence-electron chi connectivity index (χ2n) is 5.02. The molecule has 2 heterocycles. The Bertz CT molecular complexity index is 723. The molecule has 0 bridgehead atoms. The molecule has 3 aromatic rings. The van der Waals surface area contributed by atoms with E-state index in [-0.39, 0.29) is 12.1 Å². The number of fused-ring (bicyclic) bond motifs is 1. The molecule has 0 spiro atoms. The molecular formula is C17H17N3O. The molecule has 3 rings (SSSR count). The molecular weight excluding hydrogens is 262 g/mol. The van der Waals surface area contributed by atoms with Crippen molar-refractivity contribution in [3.63, 3.8) is 0 Å². The summed E-state index contributed by atoms with van der Waals surface area (Å²) in [4.78, 5) is 8.55. The SMILES string of the molecule is CC(N)C(Oc1cccc2cccnc12)c1cccnc1. The van der Waals surface area contributed by atoms with E-state index in [4.69, 9.17) is 10.5 Å². The fraction of sp³-hybridized carbons (Fsp3) is 0.176. The summed E-state index contributed by atoms with van der Waals surface area (Å²) in [6.07, 6.45) is 5.03. The maximum atomic E-state index is 6.15. The van der Waals surface area contributed by atoms with E-state index in [0.717, 1.165) is 22.2 Å². The number of aromatic nitrogens is 2. The third kappa shape index (κ3) is 2.85. The molecule has 2 aromatic heterocycles. The van der Waals surface area contributed by atoms with Crippen molar-refractivity contribution in [1.82, 2.24) is 9.97 Å². The van der Waals surface area contributed by atoms with E-state index in [2.05, 4.69) is 9.97 Å². The van der Waals surface area contributed by atoms with E-state index in [0.29, 0.717) is 0 Å². The van der Waals surface area contributed by atoms with Crippen molar-refractivity contribution in [2.75, 3.05) is 0 Å². The van der Waals surface area contributed by atoms with E-state index in [9.17, 15) is 0 Å². The van der Waals surface area contributed by atoms with Crippen molar-refractivity contribution in [3.8, 4) is 5.75 Å². The smallest absolute Gasteiger partial charge is 0.146 e. The lowest BCUT2D eigenvalue weighted by Gasteiger charge is -2.23. The summed E-state index contributed by atoms with van der Waals surface area (Å²) < 4.78 is 6.15. The van der Waals surface area contributed by atoms with Crippen LogP contribution in [0.15, 0.2) is 61.1 Å². The van der Waals surface area contributed by atoms with Gasteiger partial charge in [0, 0.05) is 35.6 Å². The predicted molar refractivity (Wildman–Crippen MR) is 83.0 cm³/mol. The third-order valence-corrected chi connectivity index (χ3v) is 3.34. The van der Waals surface area contributed by atoms with Crippen molar-refractivity contribution < 1.29 is 4.74 Å². The topological polar surface area (TPSA) is 61.0 Å². The zero-order valence-corrected chi connectivity index (χ0v) is 11.8. The van der Waals surface area contributed by atoms with Gasteiger partial charge in [0.2, 0.25) is 0 Å². The zero-order chi connectivity index (χ0) is 14.7. The van der Waals surface area contributed by atoms with Crippen LogP contribution in [0.25, 0.3) is 10.9 Å². The zero-order valence-electron chi connectivity index (χ0n) is 11.8. The molecule has 0 aliphatic carbocycles. The van der Waals surface area contributed by atoms with Crippen LogP contribution in [-0.4, -0.2) is 16.0 Å². The normalized spacial score (nSPS) is 13.8. The summed E-state index contributed by atoms with van der Waals surface area (Å²) in [6, 6.07) is 13.5. The molecule has 1 aromatic carbocycles. The Kier molecular flexibility index (Phi) is 3.79. The molecule has 0 saturated carbocycles. The molecule has 0 amide bonds. The van der Waals surface area contributed by atoms with Crippen LogP contribution in [-0.2, 0) is 0 Å². The summed E-state index contributed by atoms with van der Waals surface area (Å²) >= 11 is 0. The molecule has 2 unspecified atom stereocenters. The van der Waals surface area contributed by atoms with Crippen LogP contribution in [0, 0.1) is 0 Å². The number of nitrogens with two attached hydrogens (primary N) is 1. The molecule has 106 valence electrons. The number of ether oxygens (including phenoxy) is 1. The van der Waals surface area contributed by atoms with Crippen molar-refractivity contribution in [1.29, 1.82) is 0 Å². The highest BCUT2D eigenvalue weighted by molar-refractivity contribution is 5.84. The van der Waals surface area contributed by atoms with Gasteiger partial charge < -0.3 is 10.5 Å². The molecule has 0 radical (unpaired) electrons. The second kappa shape index (κ2) is 5.89. The first-order valence-corrected chi connectivity index (χ1v) is 6.91. The van der Waals surface area contributed by atoms with Crippen LogP contribution in [0.1, 0.15) is 18.6 Å². The van der Waals surface area contributed by atoms with Gasteiger partial charge in [0.05, 0.1) is 0 Å². The van der Waals surface area contributed by atoms with E-state index >= 15 is 0 Å². The number of hydrogen-bond donors (Lipinski definition) is 1. The fourth-order valence-electron chi connectivity index (χ4n) is 2.33. The average molecular weight is 279 g/mol. The standard InChI is InChI=1S/C17H17N3O/c1-12(18)17(14-7-3-9-19-11-14)21-15-8-2-5-13-6-4-10-20-16(13)15/h2-12,17H,18H2,1H3. The number of benzene rings is 1. The summed E-state index contributed by atoms with van der Waals surface area (Å²) in [5.74, 6) is 0.735. The quantitative estimate of drug-likeness (QED) is 0.797. The summed E-state index contributed by atoms with van der Waals surface area (Å²) in [5.41, 5.74) is 7.89. The monoisotopic (exact) mass is 279 g/mol. The minimum Gasteiger partial charge on any atom is -0.482 e. The molecule has 21 heavy (non-hydrogen) atoms. The Morgan fingerprint density at radius 2 is 1.86 bits per heavy atom. The Morgan fingerprint density at radius 3 is 2.62 bits per heavy atom. The average Bonchev–Trinajstić information content (AvgIpc) is 2.53. The molecule has 2 atom stereocenters. The maximum Gasteiger partial charge on any atom is 0.146 e. The Hall–Kier alpha value is -2.46. The highest BCUT2D eigenvalue weighted by atomic mass is 16.5. The molecule has 2 N–H and O–H groups in total. The number of rotatable bonds is 4. The second-order valence-corrected chi connectivity index (χ2v) is 5.02. The van der Waals surface area contributed by atoms with Crippen LogP contribution in [0.5, 0.6) is 5.75 Å². The molecule has 0 fully saturated rings. The van der Waals surface area contributed by atoms with Gasteiger partial charge in [-0.15, -0.1) is 0 Å². The van der Waals surface area contributed by atoms with Gasteiger partial charge >= 0.3 is 0 Å². The summed E-state index contributed by atoms with van der Waals surface area (Å²) in [5, 5.41) is 1.05. The number of para-hydroxylation sites is 1. The largest absolute Gasteiger partial charge is 0.482 e. The van der Waals surface area contributed by atoms with Crippen LogP contribution in [0.4, 0.5) is 0 Å². The lowest BCUT2D eigenvalue weighted by Crippen LogP contribution is -2.29. The molecule has 4 heteroatoms. The molecule has 0 saturated heterocycles. The van der Waals surface area contributed by atoms with Gasteiger partial charge in [-0.1, -0.05) is 24.3 Å². The first kappa shape index (κ1) is 13.5. The number of pyridine rings is 2. The Morgan fingerprint density at radius 1 is 1.05 bits per heavy atom. The van der Waals surface area contributed by atoms with Crippen LogP contribution in [0.3, 0.4) is 0 Å². The lowest BCUT2D eigenvalue weighted by atomic mass is 10.1. The van der Waals surface area contributed by atoms with Crippen LogP contribution in [0.2, 0.25) is 0 Å². The lowest BCUT2D eigenvalue weighted by molar-refractivity contribution is 0.182. The van der Waals surface area contributed by atoms with Gasteiger partial charge in [0.15, 0.2) is 0 Å². The maximum absolute atomic E-state index is 6.15. The third-order valence-electron chi connectivity index (χ3n) is 3.34. The van der Waals surface area contributed by atoms with E-state index in [1.54, 1.807) is 18.6 Å². The van der Waals surface area contributed by atoms with Crippen molar-refractivity contribution in [2.24, 2.45) is 5.73 Å². The van der Waals surface area contributed by atoms with E-state index in [1.807, 2.05) is 49.4 Å². The highest BCUT2D eigenvalue weighted by Gasteiger charge is 2.19. The Balaban J connectivity index is 1.99. The fourth-order valence-corrected chi connectivity index (χ4v) is 2.33. The van der Waals surface area contributed by atoms with Gasteiger partial charge in [-0.3, -0.25) is 9.97 Å². The van der Waals surface area contributed by atoms with Crippen molar-refractivity contribution in [3.05, 3.63) is 66.6 Å². The molecule has 0 aliphatic heterocycles.